The third kappa shape index (κ3) is 5.55. The molecule has 1 aromatic heterocycles. The molecule has 6 nitrogen and oxygen atoms in total. The molecule has 0 aliphatic heterocycles. The first kappa shape index (κ1) is 23.3. The lowest BCUT2D eigenvalue weighted by Crippen LogP contribution is -2.26. The second-order valence-corrected chi connectivity index (χ2v) is 8.97. The summed E-state index contributed by atoms with van der Waals surface area (Å²) in [5.74, 6) is 0.536. The van der Waals surface area contributed by atoms with E-state index in [0.29, 0.717) is 34.9 Å². The molecule has 0 saturated carbocycles. The highest BCUT2D eigenvalue weighted by atomic mass is 32.2. The van der Waals surface area contributed by atoms with E-state index in [9.17, 15) is 9.59 Å². The molecule has 0 bridgehead atoms. The zero-order valence-corrected chi connectivity index (χ0v) is 19.6. The summed E-state index contributed by atoms with van der Waals surface area (Å²) in [5.41, 5.74) is 2.21. The number of hydrogen-bond acceptors (Lipinski definition) is 5. The van der Waals surface area contributed by atoms with Crippen LogP contribution >= 0.6 is 11.8 Å². The van der Waals surface area contributed by atoms with Gasteiger partial charge in [-0.2, -0.15) is 0 Å². The summed E-state index contributed by atoms with van der Waals surface area (Å²) in [6.07, 6.45) is 1.65. The van der Waals surface area contributed by atoms with Gasteiger partial charge in [0, 0.05) is 12.2 Å². The number of ether oxygens (including phenoxy) is 1. The number of aromatic nitrogens is 2. The average Bonchev–Trinajstić information content (AvgIpc) is 2.86. The standard InChI is InChI=1S/C27H25N3O3S/c1-3-17-30-26(32)23-11-7-8-12-24(23)29-27(30)34-19(2)25(31)28-21-13-15-22(16-14-21)33-18-20-9-5-4-6-10-20/h3-16,19H,1,17-18H2,2H3,(H,28,31). The number of carbonyl (C=O) groups is 1. The van der Waals surface area contributed by atoms with Crippen molar-refractivity contribution in [2.24, 2.45) is 0 Å². The minimum atomic E-state index is -0.474. The lowest BCUT2D eigenvalue weighted by Gasteiger charge is -2.15. The second-order valence-electron chi connectivity index (χ2n) is 7.66. The van der Waals surface area contributed by atoms with Gasteiger partial charge in [0.2, 0.25) is 5.91 Å². The summed E-state index contributed by atoms with van der Waals surface area (Å²) in [5, 5.41) is 3.47. The average molecular weight is 472 g/mol. The van der Waals surface area contributed by atoms with Crippen molar-refractivity contribution in [2.45, 2.75) is 30.5 Å². The topological polar surface area (TPSA) is 73.2 Å². The summed E-state index contributed by atoms with van der Waals surface area (Å²) in [6.45, 7) is 6.32. The molecule has 4 aromatic rings. The maximum Gasteiger partial charge on any atom is 0.262 e. The van der Waals surface area contributed by atoms with Gasteiger partial charge < -0.3 is 10.1 Å². The molecule has 0 aliphatic rings. The summed E-state index contributed by atoms with van der Waals surface area (Å²) < 4.78 is 7.34. The van der Waals surface area contributed by atoms with Crippen molar-refractivity contribution in [3.63, 3.8) is 0 Å². The van der Waals surface area contributed by atoms with E-state index < -0.39 is 5.25 Å². The number of nitrogens with zero attached hydrogens (tertiary/aromatic N) is 2. The van der Waals surface area contributed by atoms with Crippen molar-refractivity contribution in [3.8, 4) is 5.75 Å². The predicted molar refractivity (Wildman–Crippen MR) is 137 cm³/mol. The van der Waals surface area contributed by atoms with E-state index in [0.717, 1.165) is 11.3 Å². The number of thioether (sulfide) groups is 1. The summed E-state index contributed by atoms with van der Waals surface area (Å²) in [6, 6.07) is 24.4. The molecule has 7 heteroatoms. The number of para-hydroxylation sites is 1. The van der Waals surface area contributed by atoms with Crippen molar-refractivity contribution < 1.29 is 9.53 Å². The lowest BCUT2D eigenvalue weighted by molar-refractivity contribution is -0.115. The zero-order valence-electron chi connectivity index (χ0n) is 18.8. The van der Waals surface area contributed by atoms with Gasteiger partial charge in [0.1, 0.15) is 12.4 Å². The smallest absolute Gasteiger partial charge is 0.262 e. The minimum Gasteiger partial charge on any atom is -0.489 e. The third-order valence-electron chi connectivity index (χ3n) is 5.16. The van der Waals surface area contributed by atoms with Crippen LogP contribution in [-0.2, 0) is 17.9 Å². The van der Waals surface area contributed by atoms with Crippen LogP contribution in [0, 0.1) is 0 Å². The molecule has 1 unspecified atom stereocenters. The first-order chi connectivity index (χ1) is 16.5. The molecule has 1 atom stereocenters. The van der Waals surface area contributed by atoms with Crippen LogP contribution in [-0.4, -0.2) is 20.7 Å². The maximum absolute atomic E-state index is 12.9. The number of anilines is 1. The predicted octanol–water partition coefficient (Wildman–Crippen LogP) is 5.28. The SMILES string of the molecule is C=CCn1c(SC(C)C(=O)Nc2ccc(OCc3ccccc3)cc2)nc2ccccc2c1=O. The molecule has 4 rings (SSSR count). The summed E-state index contributed by atoms with van der Waals surface area (Å²) >= 11 is 1.24. The Kier molecular flexibility index (Phi) is 7.44. The van der Waals surface area contributed by atoms with Gasteiger partial charge in [-0.25, -0.2) is 4.98 Å². The maximum atomic E-state index is 12.9. The first-order valence-corrected chi connectivity index (χ1v) is 11.8. The van der Waals surface area contributed by atoms with Crippen LogP contribution in [0.4, 0.5) is 5.69 Å². The first-order valence-electron chi connectivity index (χ1n) is 10.9. The molecule has 3 aromatic carbocycles. The van der Waals surface area contributed by atoms with E-state index in [1.807, 2.05) is 54.6 Å². The van der Waals surface area contributed by atoms with E-state index >= 15 is 0 Å². The highest BCUT2D eigenvalue weighted by Gasteiger charge is 2.19. The van der Waals surface area contributed by atoms with E-state index in [1.165, 1.54) is 11.8 Å². The van der Waals surface area contributed by atoms with Crippen molar-refractivity contribution in [3.05, 3.63) is 107 Å². The molecule has 1 N–H and O–H groups in total. The largest absolute Gasteiger partial charge is 0.489 e. The van der Waals surface area contributed by atoms with Gasteiger partial charge in [0.15, 0.2) is 5.16 Å². The van der Waals surface area contributed by atoms with Gasteiger partial charge in [0.05, 0.1) is 16.2 Å². The Morgan fingerprint density at radius 1 is 1.09 bits per heavy atom. The van der Waals surface area contributed by atoms with Crippen molar-refractivity contribution in [1.29, 1.82) is 0 Å². The molecule has 0 radical (unpaired) electrons. The number of carbonyl (C=O) groups excluding carboxylic acids is 1. The van der Waals surface area contributed by atoms with Crippen LogP contribution in [0.15, 0.2) is 101 Å². The van der Waals surface area contributed by atoms with Gasteiger partial charge >= 0.3 is 0 Å². The highest BCUT2D eigenvalue weighted by Crippen LogP contribution is 2.24. The molecule has 1 amide bonds. The number of hydrogen-bond donors (Lipinski definition) is 1. The number of nitrogens with one attached hydrogen (secondary N) is 1. The minimum absolute atomic E-state index is 0.147. The number of rotatable bonds is 9. The van der Waals surface area contributed by atoms with Gasteiger partial charge in [0.25, 0.3) is 5.56 Å². The fourth-order valence-corrected chi connectivity index (χ4v) is 4.28. The fraction of sp³-hybridized carbons (Fsp3) is 0.148. The van der Waals surface area contributed by atoms with Gasteiger partial charge in [-0.05, 0) is 48.9 Å². The molecule has 172 valence electrons. The molecule has 0 spiro atoms. The van der Waals surface area contributed by atoms with Gasteiger partial charge in [-0.1, -0.05) is 60.3 Å². The highest BCUT2D eigenvalue weighted by molar-refractivity contribution is 8.00. The molecular formula is C27H25N3O3S. The molecule has 1 heterocycles. The van der Waals surface area contributed by atoms with E-state index in [2.05, 4.69) is 16.9 Å². The fourth-order valence-electron chi connectivity index (χ4n) is 3.36. The van der Waals surface area contributed by atoms with E-state index in [1.54, 1.807) is 41.8 Å². The van der Waals surface area contributed by atoms with Crippen LogP contribution in [0.5, 0.6) is 5.75 Å². The van der Waals surface area contributed by atoms with Gasteiger partial charge in [-0.3, -0.25) is 14.2 Å². The van der Waals surface area contributed by atoms with Crippen LogP contribution < -0.4 is 15.6 Å². The van der Waals surface area contributed by atoms with Crippen LogP contribution in [0.1, 0.15) is 12.5 Å². The molecule has 0 saturated heterocycles. The monoisotopic (exact) mass is 471 g/mol. The Bertz CT molecular complexity index is 1350. The van der Waals surface area contributed by atoms with Crippen LogP contribution in [0.25, 0.3) is 10.9 Å². The molecule has 0 fully saturated rings. The quantitative estimate of drug-likeness (QED) is 0.204. The zero-order chi connectivity index (χ0) is 23.9. The second kappa shape index (κ2) is 10.9. The van der Waals surface area contributed by atoms with E-state index in [-0.39, 0.29) is 11.5 Å². The van der Waals surface area contributed by atoms with Gasteiger partial charge in [-0.15, -0.1) is 6.58 Å². The number of benzene rings is 3. The number of fused-ring (bicyclic) bond motifs is 1. The normalized spacial score (nSPS) is 11.7. The van der Waals surface area contributed by atoms with E-state index in [4.69, 9.17) is 4.74 Å². The number of amides is 1. The summed E-state index contributed by atoms with van der Waals surface area (Å²) in [7, 11) is 0. The lowest BCUT2D eigenvalue weighted by atomic mass is 10.2. The molecule has 0 aliphatic carbocycles. The molecule has 34 heavy (non-hydrogen) atoms. The Morgan fingerprint density at radius 3 is 2.53 bits per heavy atom. The van der Waals surface area contributed by atoms with Crippen LogP contribution in [0.2, 0.25) is 0 Å². The summed E-state index contributed by atoms with van der Waals surface area (Å²) in [4.78, 5) is 30.4. The Balaban J connectivity index is 1.42. The Labute approximate surface area is 202 Å². The van der Waals surface area contributed by atoms with Crippen molar-refractivity contribution in [1.82, 2.24) is 9.55 Å². The Morgan fingerprint density at radius 2 is 1.79 bits per heavy atom. The van der Waals surface area contributed by atoms with Crippen LogP contribution in [0.3, 0.4) is 0 Å². The van der Waals surface area contributed by atoms with Crippen molar-refractivity contribution in [2.75, 3.05) is 5.32 Å². The Hall–Kier alpha value is -3.84. The number of allylic oxidation sites excluding steroid dienone is 1. The molecular weight excluding hydrogens is 446 g/mol. The van der Waals surface area contributed by atoms with Crippen molar-refractivity contribution >= 4 is 34.3 Å². The third-order valence-corrected chi connectivity index (χ3v) is 6.25.